The van der Waals surface area contributed by atoms with E-state index in [9.17, 15) is 14.4 Å². The van der Waals surface area contributed by atoms with E-state index in [-0.39, 0.29) is 16.7 Å². The zero-order valence-corrected chi connectivity index (χ0v) is 17.1. The number of allylic oxidation sites excluding steroid dienone is 3. The van der Waals surface area contributed by atoms with Crippen molar-refractivity contribution >= 4 is 25.9 Å². The highest BCUT2D eigenvalue weighted by Gasteiger charge is 2.64. The van der Waals surface area contributed by atoms with E-state index in [2.05, 4.69) is 33.9 Å². The Morgan fingerprint density at radius 3 is 2.28 bits per heavy atom. The van der Waals surface area contributed by atoms with Crippen molar-refractivity contribution in [2.24, 2.45) is 17.3 Å². The maximum absolute atomic E-state index is 12.9. The molecule has 0 heterocycles. The number of ketones is 2. The van der Waals surface area contributed by atoms with Gasteiger partial charge in [-0.25, -0.2) is 0 Å². The fourth-order valence-electron chi connectivity index (χ4n) is 3.45. The molecule has 2 aliphatic rings. The summed E-state index contributed by atoms with van der Waals surface area (Å²) in [5.41, 5.74) is -1.63. The van der Waals surface area contributed by atoms with E-state index in [1.807, 2.05) is 13.0 Å². The first-order valence-electron chi connectivity index (χ1n) is 8.60. The maximum atomic E-state index is 12.9. The molecule has 0 spiro atoms. The van der Waals surface area contributed by atoms with Crippen LogP contribution in [0.25, 0.3) is 0 Å². The molecule has 0 aliphatic heterocycles. The van der Waals surface area contributed by atoms with Gasteiger partial charge in [-0.05, 0) is 36.2 Å². The van der Waals surface area contributed by atoms with Crippen LogP contribution in [0.15, 0.2) is 24.3 Å². The summed E-state index contributed by atoms with van der Waals surface area (Å²) in [6.45, 7) is 12.2. The van der Waals surface area contributed by atoms with Gasteiger partial charge < -0.3 is 9.16 Å². The molecule has 0 amide bonds. The largest absolute Gasteiger partial charge is 0.468 e. The zero-order valence-electron chi connectivity index (χ0n) is 16.1. The van der Waals surface area contributed by atoms with Crippen molar-refractivity contribution in [3.63, 3.8) is 0 Å². The monoisotopic (exact) mass is 364 g/mol. The van der Waals surface area contributed by atoms with E-state index in [0.717, 1.165) is 0 Å². The standard InChI is InChI=1S/C19H28O5Si/c1-12-8-11-15(24-25(6,7)18(2,3)4)19(17(22)23-5)14(21)10-9-13(20)16(12)19/h8-12,15-16H,1-7H3/t12-,15+,16+,19-/m1/s1. The predicted octanol–water partition coefficient (Wildman–Crippen LogP) is 3.07. The molecule has 0 N–H and O–H groups in total. The first-order valence-corrected chi connectivity index (χ1v) is 11.5. The van der Waals surface area contributed by atoms with Crippen molar-refractivity contribution in [3.05, 3.63) is 24.3 Å². The molecule has 0 fully saturated rings. The van der Waals surface area contributed by atoms with Gasteiger partial charge in [0.25, 0.3) is 0 Å². The van der Waals surface area contributed by atoms with Gasteiger partial charge >= 0.3 is 5.97 Å². The summed E-state index contributed by atoms with van der Waals surface area (Å²) in [6.07, 6.45) is 5.30. The lowest BCUT2D eigenvalue weighted by Crippen LogP contribution is -2.63. The van der Waals surface area contributed by atoms with Gasteiger partial charge in [0.2, 0.25) is 0 Å². The first kappa shape index (κ1) is 19.8. The molecule has 0 unspecified atom stereocenters. The van der Waals surface area contributed by atoms with Gasteiger partial charge in [-0.1, -0.05) is 39.8 Å². The number of methoxy groups -OCH3 is 1. The van der Waals surface area contributed by atoms with Crippen molar-refractivity contribution < 1.29 is 23.5 Å². The number of hydrogen-bond donors (Lipinski definition) is 0. The van der Waals surface area contributed by atoms with E-state index in [4.69, 9.17) is 9.16 Å². The fourth-order valence-corrected chi connectivity index (χ4v) is 4.70. The van der Waals surface area contributed by atoms with Gasteiger partial charge in [-0.15, -0.1) is 0 Å². The molecule has 0 aromatic rings. The van der Waals surface area contributed by atoms with Crippen molar-refractivity contribution in [2.75, 3.05) is 7.11 Å². The first-order chi connectivity index (χ1) is 11.4. The van der Waals surface area contributed by atoms with E-state index < -0.39 is 37.5 Å². The third-order valence-corrected chi connectivity index (χ3v) is 10.4. The van der Waals surface area contributed by atoms with Gasteiger partial charge in [0.15, 0.2) is 25.3 Å². The summed E-state index contributed by atoms with van der Waals surface area (Å²) in [5.74, 6) is -2.38. The Morgan fingerprint density at radius 1 is 1.16 bits per heavy atom. The molecule has 138 valence electrons. The third kappa shape index (κ3) is 2.95. The number of carbonyl (C=O) groups is 3. The number of esters is 1. The summed E-state index contributed by atoms with van der Waals surface area (Å²) in [4.78, 5) is 38.4. The SMILES string of the molecule is COC(=O)[C@@]12C(=O)C=CC(=O)[C@@H]1[C@H](C)C=C[C@@H]2O[Si](C)(C)C(C)(C)C. The molecule has 25 heavy (non-hydrogen) atoms. The molecule has 2 rings (SSSR count). The van der Waals surface area contributed by atoms with Crippen LogP contribution in [-0.2, 0) is 23.5 Å². The lowest BCUT2D eigenvalue weighted by molar-refractivity contribution is -0.172. The average molecular weight is 365 g/mol. The number of fused-ring (bicyclic) bond motifs is 1. The molecule has 2 aliphatic carbocycles. The zero-order chi connectivity index (χ0) is 19.2. The van der Waals surface area contributed by atoms with Crippen LogP contribution >= 0.6 is 0 Å². The molecular formula is C19H28O5Si. The van der Waals surface area contributed by atoms with Crippen molar-refractivity contribution in [1.82, 2.24) is 0 Å². The molecule has 0 saturated heterocycles. The number of ether oxygens (including phenoxy) is 1. The Balaban J connectivity index is 2.64. The van der Waals surface area contributed by atoms with Crippen molar-refractivity contribution in [1.29, 1.82) is 0 Å². The Bertz CT molecular complexity index is 655. The maximum Gasteiger partial charge on any atom is 0.323 e. The topological polar surface area (TPSA) is 69.7 Å². The summed E-state index contributed by atoms with van der Waals surface area (Å²) in [6, 6.07) is 0. The van der Waals surface area contributed by atoms with Gasteiger partial charge in [-0.2, -0.15) is 0 Å². The minimum Gasteiger partial charge on any atom is -0.468 e. The van der Waals surface area contributed by atoms with E-state index in [1.165, 1.54) is 19.3 Å². The van der Waals surface area contributed by atoms with Gasteiger partial charge in [-0.3, -0.25) is 14.4 Å². The van der Waals surface area contributed by atoms with Crippen LogP contribution in [0.2, 0.25) is 18.1 Å². The lowest BCUT2D eigenvalue weighted by atomic mass is 9.57. The lowest BCUT2D eigenvalue weighted by Gasteiger charge is -2.49. The fraction of sp³-hybridized carbons (Fsp3) is 0.632. The molecule has 0 bridgehead atoms. The van der Waals surface area contributed by atoms with E-state index in [1.54, 1.807) is 6.08 Å². The van der Waals surface area contributed by atoms with E-state index in [0.29, 0.717) is 0 Å². The summed E-state index contributed by atoms with van der Waals surface area (Å²) in [7, 11) is -1.05. The number of hydrogen-bond acceptors (Lipinski definition) is 5. The Hall–Kier alpha value is -1.53. The van der Waals surface area contributed by atoms with Crippen LogP contribution in [0.3, 0.4) is 0 Å². The highest BCUT2D eigenvalue weighted by Crippen LogP contribution is 2.50. The highest BCUT2D eigenvalue weighted by molar-refractivity contribution is 6.74. The quantitative estimate of drug-likeness (QED) is 0.333. The van der Waals surface area contributed by atoms with Crippen LogP contribution in [0.5, 0.6) is 0 Å². The van der Waals surface area contributed by atoms with E-state index >= 15 is 0 Å². The highest BCUT2D eigenvalue weighted by atomic mass is 28.4. The second-order valence-electron chi connectivity index (χ2n) is 8.48. The number of rotatable bonds is 3. The Labute approximate surface area is 150 Å². The van der Waals surface area contributed by atoms with Crippen LogP contribution in [0.1, 0.15) is 27.7 Å². The van der Waals surface area contributed by atoms with Gasteiger partial charge in [0, 0.05) is 0 Å². The molecular weight excluding hydrogens is 336 g/mol. The Morgan fingerprint density at radius 2 is 1.76 bits per heavy atom. The molecule has 0 radical (unpaired) electrons. The molecule has 5 nitrogen and oxygen atoms in total. The third-order valence-electron chi connectivity index (χ3n) is 5.92. The average Bonchev–Trinajstić information content (AvgIpc) is 2.50. The van der Waals surface area contributed by atoms with Crippen LogP contribution in [0, 0.1) is 17.3 Å². The second kappa shape index (κ2) is 6.32. The molecule has 0 aromatic carbocycles. The van der Waals surface area contributed by atoms with Crippen LogP contribution in [-0.4, -0.2) is 39.1 Å². The normalized spacial score (nSPS) is 32.5. The number of carbonyl (C=O) groups excluding carboxylic acids is 3. The Kier molecular flexibility index (Phi) is 5.00. The molecule has 6 heteroatoms. The van der Waals surface area contributed by atoms with Gasteiger partial charge in [0.1, 0.15) is 0 Å². The van der Waals surface area contributed by atoms with Crippen molar-refractivity contribution in [3.8, 4) is 0 Å². The van der Waals surface area contributed by atoms with Crippen LogP contribution < -0.4 is 0 Å². The second-order valence-corrected chi connectivity index (χ2v) is 13.2. The minimum absolute atomic E-state index is 0.103. The molecule has 4 atom stereocenters. The minimum atomic E-state index is -2.29. The smallest absolute Gasteiger partial charge is 0.323 e. The van der Waals surface area contributed by atoms with Crippen molar-refractivity contribution in [2.45, 2.75) is 51.9 Å². The summed E-state index contributed by atoms with van der Waals surface area (Å²) < 4.78 is 11.5. The summed E-state index contributed by atoms with van der Waals surface area (Å²) in [5, 5.41) is -0.103. The van der Waals surface area contributed by atoms with Crippen LogP contribution in [0.4, 0.5) is 0 Å². The summed E-state index contributed by atoms with van der Waals surface area (Å²) >= 11 is 0. The van der Waals surface area contributed by atoms with Gasteiger partial charge in [0.05, 0.1) is 19.1 Å². The predicted molar refractivity (Wildman–Crippen MR) is 97.5 cm³/mol. The molecule has 0 aromatic heterocycles. The molecule has 0 saturated carbocycles.